The predicted octanol–water partition coefficient (Wildman–Crippen LogP) is 1.50. The van der Waals surface area contributed by atoms with Crippen molar-refractivity contribution in [2.45, 2.75) is 37.5 Å². The summed E-state index contributed by atoms with van der Waals surface area (Å²) in [5.74, 6) is 0. The molecule has 0 aliphatic heterocycles. The Morgan fingerprint density at radius 1 is 1.40 bits per heavy atom. The number of aromatic nitrogens is 1. The molecule has 1 aromatic heterocycles. The van der Waals surface area contributed by atoms with Crippen molar-refractivity contribution < 1.29 is 21.6 Å². The minimum Gasteiger partial charge on any atom is -0.325 e. The number of pyridine rings is 1. The van der Waals surface area contributed by atoms with Gasteiger partial charge in [-0.05, 0) is 26.0 Å². The van der Waals surface area contributed by atoms with Gasteiger partial charge < -0.3 is 5.73 Å². The average molecular weight is 311 g/mol. The monoisotopic (exact) mass is 311 g/mol. The fourth-order valence-electron chi connectivity index (χ4n) is 1.66. The summed E-state index contributed by atoms with van der Waals surface area (Å²) in [4.78, 5) is 3.50. The number of nitrogens with zero attached hydrogens (tertiary/aromatic N) is 2. The highest BCUT2D eigenvalue weighted by Gasteiger charge is 2.39. The lowest BCUT2D eigenvalue weighted by Gasteiger charge is -2.27. The number of rotatable bonds is 5. The Kier molecular flexibility index (Phi) is 5.11. The van der Waals surface area contributed by atoms with Crippen molar-refractivity contribution in [3.8, 4) is 0 Å². The highest BCUT2D eigenvalue weighted by Crippen LogP contribution is 2.25. The second kappa shape index (κ2) is 6.06. The molecular formula is C11H16F3N3O2S. The van der Waals surface area contributed by atoms with Gasteiger partial charge in [0.15, 0.2) is 0 Å². The van der Waals surface area contributed by atoms with E-state index in [9.17, 15) is 21.6 Å². The van der Waals surface area contributed by atoms with Gasteiger partial charge in [-0.25, -0.2) is 8.42 Å². The first-order chi connectivity index (χ1) is 9.09. The standard InChI is InChI=1S/C11H16F3N3O2S/c1-8(2)17(7-11(12,13)14)20(18,19)10-4-3-5-16-9(10)6-15/h3-5,8H,6-7,15H2,1-2H3. The van der Waals surface area contributed by atoms with Crippen molar-refractivity contribution in [1.82, 2.24) is 9.29 Å². The molecule has 114 valence electrons. The minimum absolute atomic E-state index is 0.0420. The Labute approximate surface area is 115 Å². The van der Waals surface area contributed by atoms with E-state index in [4.69, 9.17) is 5.73 Å². The Hall–Kier alpha value is -1.19. The van der Waals surface area contributed by atoms with E-state index in [1.54, 1.807) is 0 Å². The van der Waals surface area contributed by atoms with Gasteiger partial charge in [0.25, 0.3) is 0 Å². The molecule has 0 aliphatic carbocycles. The quantitative estimate of drug-likeness (QED) is 0.894. The Balaban J connectivity index is 3.30. The van der Waals surface area contributed by atoms with E-state index >= 15 is 0 Å². The van der Waals surface area contributed by atoms with Crippen LogP contribution >= 0.6 is 0 Å². The Bertz CT molecular complexity index is 558. The lowest BCUT2D eigenvalue weighted by Crippen LogP contribution is -2.43. The maximum Gasteiger partial charge on any atom is 0.402 e. The average Bonchev–Trinajstić information content (AvgIpc) is 2.34. The molecule has 0 spiro atoms. The van der Waals surface area contributed by atoms with Crippen molar-refractivity contribution >= 4 is 10.0 Å². The fraction of sp³-hybridized carbons (Fsp3) is 0.545. The van der Waals surface area contributed by atoms with Crippen LogP contribution in [0.5, 0.6) is 0 Å². The molecule has 1 heterocycles. The molecule has 9 heteroatoms. The van der Waals surface area contributed by atoms with Gasteiger partial charge in [-0.15, -0.1) is 0 Å². The van der Waals surface area contributed by atoms with Crippen LogP contribution in [-0.4, -0.2) is 36.5 Å². The van der Waals surface area contributed by atoms with E-state index in [1.807, 2.05) is 0 Å². The number of sulfonamides is 1. The third-order valence-corrected chi connectivity index (χ3v) is 4.64. The van der Waals surface area contributed by atoms with Gasteiger partial charge in [-0.1, -0.05) is 0 Å². The molecule has 1 aromatic rings. The molecule has 0 radical (unpaired) electrons. The zero-order valence-electron chi connectivity index (χ0n) is 11.1. The zero-order valence-corrected chi connectivity index (χ0v) is 11.9. The van der Waals surface area contributed by atoms with E-state index in [2.05, 4.69) is 4.98 Å². The van der Waals surface area contributed by atoms with E-state index in [-0.39, 0.29) is 17.1 Å². The smallest absolute Gasteiger partial charge is 0.325 e. The first kappa shape index (κ1) is 16.9. The summed E-state index contributed by atoms with van der Waals surface area (Å²) in [6.07, 6.45) is -3.28. The molecule has 0 saturated carbocycles. The van der Waals surface area contributed by atoms with Crippen molar-refractivity contribution in [2.24, 2.45) is 5.73 Å². The molecule has 0 atom stereocenters. The largest absolute Gasteiger partial charge is 0.402 e. The highest BCUT2D eigenvalue weighted by atomic mass is 32.2. The molecule has 0 unspecified atom stereocenters. The maximum atomic E-state index is 12.5. The Morgan fingerprint density at radius 2 is 2.00 bits per heavy atom. The van der Waals surface area contributed by atoms with Gasteiger partial charge in [0, 0.05) is 18.8 Å². The summed E-state index contributed by atoms with van der Waals surface area (Å²) >= 11 is 0. The molecule has 0 fully saturated rings. The summed E-state index contributed by atoms with van der Waals surface area (Å²) in [6, 6.07) is 1.71. The van der Waals surface area contributed by atoms with E-state index in [0.717, 1.165) is 0 Å². The molecule has 0 aromatic carbocycles. The molecule has 0 saturated heterocycles. The molecule has 1 rings (SSSR count). The molecule has 2 N–H and O–H groups in total. The molecular weight excluding hydrogens is 295 g/mol. The second-order valence-electron chi connectivity index (χ2n) is 4.41. The topological polar surface area (TPSA) is 76.3 Å². The van der Waals surface area contributed by atoms with Gasteiger partial charge in [0.2, 0.25) is 10.0 Å². The molecule has 0 amide bonds. The maximum absolute atomic E-state index is 12.5. The van der Waals surface area contributed by atoms with Crippen LogP contribution < -0.4 is 5.73 Å². The normalized spacial score (nSPS) is 13.2. The van der Waals surface area contributed by atoms with Crippen molar-refractivity contribution in [3.05, 3.63) is 24.0 Å². The van der Waals surface area contributed by atoms with Gasteiger partial charge in [-0.3, -0.25) is 4.98 Å². The lowest BCUT2D eigenvalue weighted by atomic mass is 10.3. The van der Waals surface area contributed by atoms with Crippen LogP contribution in [0.2, 0.25) is 0 Å². The van der Waals surface area contributed by atoms with Crippen LogP contribution in [-0.2, 0) is 16.6 Å². The van der Waals surface area contributed by atoms with Crippen LogP contribution in [0, 0.1) is 0 Å². The van der Waals surface area contributed by atoms with Gasteiger partial charge in [-0.2, -0.15) is 17.5 Å². The lowest BCUT2D eigenvalue weighted by molar-refractivity contribution is -0.138. The van der Waals surface area contributed by atoms with Crippen molar-refractivity contribution in [3.63, 3.8) is 0 Å². The minimum atomic E-state index is -4.62. The third kappa shape index (κ3) is 3.90. The molecule has 20 heavy (non-hydrogen) atoms. The summed E-state index contributed by atoms with van der Waals surface area (Å²) in [6.45, 7) is 1.03. The van der Waals surface area contributed by atoms with E-state index < -0.39 is 28.8 Å². The zero-order chi connectivity index (χ0) is 15.6. The first-order valence-corrected chi connectivity index (χ1v) is 7.26. The summed E-state index contributed by atoms with van der Waals surface area (Å²) in [7, 11) is -4.31. The fourth-order valence-corrected chi connectivity index (χ4v) is 3.47. The van der Waals surface area contributed by atoms with E-state index in [0.29, 0.717) is 4.31 Å². The Morgan fingerprint density at radius 3 is 2.45 bits per heavy atom. The van der Waals surface area contributed by atoms with Crippen LogP contribution in [0.15, 0.2) is 23.2 Å². The van der Waals surface area contributed by atoms with E-state index in [1.165, 1.54) is 32.2 Å². The molecule has 0 aliphatic rings. The third-order valence-electron chi connectivity index (χ3n) is 2.54. The van der Waals surface area contributed by atoms with Crippen molar-refractivity contribution in [2.75, 3.05) is 6.54 Å². The van der Waals surface area contributed by atoms with Gasteiger partial charge in [0.05, 0.1) is 5.69 Å². The van der Waals surface area contributed by atoms with Crippen LogP contribution in [0.3, 0.4) is 0 Å². The predicted molar refractivity (Wildman–Crippen MR) is 67.2 cm³/mol. The number of hydrogen-bond acceptors (Lipinski definition) is 4. The van der Waals surface area contributed by atoms with Gasteiger partial charge in [0.1, 0.15) is 11.4 Å². The van der Waals surface area contributed by atoms with Crippen LogP contribution in [0.1, 0.15) is 19.5 Å². The second-order valence-corrected chi connectivity index (χ2v) is 6.27. The number of hydrogen-bond donors (Lipinski definition) is 1. The van der Waals surface area contributed by atoms with Crippen molar-refractivity contribution in [1.29, 1.82) is 0 Å². The number of halogens is 3. The highest BCUT2D eigenvalue weighted by molar-refractivity contribution is 7.89. The number of alkyl halides is 3. The first-order valence-electron chi connectivity index (χ1n) is 5.82. The summed E-state index contributed by atoms with van der Waals surface area (Å²) in [5, 5.41) is 0. The molecule has 5 nitrogen and oxygen atoms in total. The summed E-state index contributed by atoms with van der Waals surface area (Å²) in [5.41, 5.74) is 5.43. The van der Waals surface area contributed by atoms with Crippen LogP contribution in [0.25, 0.3) is 0 Å². The van der Waals surface area contributed by atoms with Crippen LogP contribution in [0.4, 0.5) is 13.2 Å². The van der Waals surface area contributed by atoms with Gasteiger partial charge >= 0.3 is 6.18 Å². The SMILES string of the molecule is CC(C)N(CC(F)(F)F)S(=O)(=O)c1cccnc1CN. The summed E-state index contributed by atoms with van der Waals surface area (Å²) < 4.78 is 62.8. The number of nitrogens with two attached hydrogens (primary N) is 1. The molecule has 0 bridgehead atoms.